The molecule has 1 N–H and O–H groups in total. The molecule has 0 bridgehead atoms. The maximum Gasteiger partial charge on any atom is 0.0653 e. The summed E-state index contributed by atoms with van der Waals surface area (Å²) >= 11 is 0. The van der Waals surface area contributed by atoms with E-state index in [0.717, 1.165) is 13.2 Å². The molecule has 1 aliphatic heterocycles. The van der Waals surface area contributed by atoms with Crippen LogP contribution in [0.25, 0.3) is 0 Å². The highest BCUT2D eigenvalue weighted by atomic mass is 16.6. The van der Waals surface area contributed by atoms with Crippen LogP contribution in [0.1, 0.15) is 26.2 Å². The Balaban J connectivity index is 2.11. The Hall–Kier alpha value is -0.120. The quantitative estimate of drug-likeness (QED) is 0.506. The Morgan fingerprint density at radius 1 is 1.50 bits per heavy atom. The lowest BCUT2D eigenvalue weighted by molar-refractivity contribution is 0.0283. The van der Waals surface area contributed by atoms with Gasteiger partial charge in [-0.3, -0.25) is 0 Å². The molecule has 1 heterocycles. The predicted molar refractivity (Wildman–Crippen MR) is 49.9 cm³/mol. The Morgan fingerprint density at radius 3 is 3.00 bits per heavy atom. The summed E-state index contributed by atoms with van der Waals surface area (Å²) in [4.78, 5) is 7.52. The fourth-order valence-electron chi connectivity index (χ4n) is 1.66. The van der Waals surface area contributed by atoms with Crippen molar-refractivity contribution in [1.29, 1.82) is 0 Å². The van der Waals surface area contributed by atoms with Crippen LogP contribution in [0.4, 0.5) is 0 Å². The summed E-state index contributed by atoms with van der Waals surface area (Å²) in [6.07, 6.45) is 4.01. The minimum Gasteiger partial charge on any atom is -0.302 e. The van der Waals surface area contributed by atoms with E-state index in [2.05, 4.69) is 17.4 Å². The summed E-state index contributed by atoms with van der Waals surface area (Å²) in [6, 6.07) is 0.672. The Bertz CT molecular complexity index is 119. The van der Waals surface area contributed by atoms with Crippen LogP contribution < -0.4 is 5.48 Å². The van der Waals surface area contributed by atoms with Gasteiger partial charge in [-0.2, -0.15) is 0 Å². The van der Waals surface area contributed by atoms with Gasteiger partial charge in [0.2, 0.25) is 0 Å². The predicted octanol–water partition coefficient (Wildman–Crippen LogP) is 1.01. The lowest BCUT2D eigenvalue weighted by atomic mass is 10.0. The van der Waals surface area contributed by atoms with Crippen LogP contribution in [0.5, 0.6) is 0 Å². The molecule has 1 saturated heterocycles. The minimum absolute atomic E-state index is 0.672. The van der Waals surface area contributed by atoms with Crippen molar-refractivity contribution in [1.82, 2.24) is 10.4 Å². The Morgan fingerprint density at radius 2 is 2.33 bits per heavy atom. The van der Waals surface area contributed by atoms with Gasteiger partial charge in [-0.1, -0.05) is 6.42 Å². The monoisotopic (exact) mass is 172 g/mol. The molecule has 0 radical (unpaired) electrons. The smallest absolute Gasteiger partial charge is 0.0653 e. The highest BCUT2D eigenvalue weighted by Gasteiger charge is 2.17. The van der Waals surface area contributed by atoms with Gasteiger partial charge in [0, 0.05) is 12.6 Å². The highest BCUT2D eigenvalue weighted by Crippen LogP contribution is 2.13. The van der Waals surface area contributed by atoms with Crippen LogP contribution >= 0.6 is 0 Å². The van der Waals surface area contributed by atoms with Crippen molar-refractivity contribution in [2.75, 3.05) is 26.7 Å². The van der Waals surface area contributed by atoms with Crippen LogP contribution in [0.2, 0.25) is 0 Å². The van der Waals surface area contributed by atoms with Crippen molar-refractivity contribution in [3.63, 3.8) is 0 Å². The first kappa shape index (κ1) is 9.96. The standard InChI is InChI=1S/C9H20N2O/c1-3-12-10-8-9-6-4-5-7-11(9)2/h9-10H,3-8H2,1-2H3. The number of hydroxylamine groups is 1. The molecule has 0 spiro atoms. The maximum absolute atomic E-state index is 5.11. The first-order valence-corrected chi connectivity index (χ1v) is 4.89. The number of rotatable bonds is 4. The van der Waals surface area contributed by atoms with E-state index in [4.69, 9.17) is 4.84 Å². The highest BCUT2D eigenvalue weighted by molar-refractivity contribution is 4.74. The molecule has 1 atom stereocenters. The molecule has 0 amide bonds. The van der Waals surface area contributed by atoms with Gasteiger partial charge in [0.1, 0.15) is 0 Å². The lowest BCUT2D eigenvalue weighted by Crippen LogP contribution is -2.43. The second-order valence-electron chi connectivity index (χ2n) is 3.41. The minimum atomic E-state index is 0.672. The van der Waals surface area contributed by atoms with Gasteiger partial charge in [-0.25, -0.2) is 5.48 Å². The van der Waals surface area contributed by atoms with Crippen LogP contribution in [0.3, 0.4) is 0 Å². The van der Waals surface area contributed by atoms with E-state index in [1.54, 1.807) is 0 Å². The fraction of sp³-hybridized carbons (Fsp3) is 1.00. The third kappa shape index (κ3) is 3.09. The van der Waals surface area contributed by atoms with Gasteiger partial charge in [-0.15, -0.1) is 0 Å². The number of nitrogens with one attached hydrogen (secondary N) is 1. The zero-order valence-corrected chi connectivity index (χ0v) is 8.18. The lowest BCUT2D eigenvalue weighted by Gasteiger charge is -2.32. The summed E-state index contributed by atoms with van der Waals surface area (Å²) in [7, 11) is 2.19. The second-order valence-corrected chi connectivity index (χ2v) is 3.41. The van der Waals surface area contributed by atoms with Crippen LogP contribution in [-0.4, -0.2) is 37.7 Å². The number of hydrogen-bond donors (Lipinski definition) is 1. The molecule has 0 aromatic heterocycles. The summed E-state index contributed by atoms with van der Waals surface area (Å²) < 4.78 is 0. The molecule has 1 aliphatic rings. The van der Waals surface area contributed by atoms with E-state index >= 15 is 0 Å². The Kier molecular flexibility index (Phi) is 4.58. The van der Waals surface area contributed by atoms with Gasteiger partial charge >= 0.3 is 0 Å². The molecule has 72 valence electrons. The molecule has 0 aromatic carbocycles. The SMILES string of the molecule is CCONCC1CCCCN1C. The fourth-order valence-corrected chi connectivity index (χ4v) is 1.66. The van der Waals surface area contributed by atoms with Crippen molar-refractivity contribution in [2.45, 2.75) is 32.2 Å². The van der Waals surface area contributed by atoms with Crippen molar-refractivity contribution in [3.8, 4) is 0 Å². The van der Waals surface area contributed by atoms with E-state index in [-0.39, 0.29) is 0 Å². The van der Waals surface area contributed by atoms with E-state index in [0.29, 0.717) is 6.04 Å². The number of nitrogens with zero attached hydrogens (tertiary/aromatic N) is 1. The summed E-state index contributed by atoms with van der Waals surface area (Å²) in [5, 5.41) is 0. The van der Waals surface area contributed by atoms with Crippen LogP contribution in [0.15, 0.2) is 0 Å². The van der Waals surface area contributed by atoms with Gasteiger partial charge in [-0.05, 0) is 33.4 Å². The molecule has 1 fully saturated rings. The van der Waals surface area contributed by atoms with Gasteiger partial charge in [0.25, 0.3) is 0 Å². The van der Waals surface area contributed by atoms with E-state index in [1.807, 2.05) is 6.92 Å². The van der Waals surface area contributed by atoms with Crippen molar-refractivity contribution in [2.24, 2.45) is 0 Å². The van der Waals surface area contributed by atoms with Gasteiger partial charge < -0.3 is 9.74 Å². The van der Waals surface area contributed by atoms with Crippen LogP contribution in [0, 0.1) is 0 Å². The van der Waals surface area contributed by atoms with Gasteiger partial charge in [0.05, 0.1) is 6.61 Å². The molecular formula is C9H20N2O. The third-order valence-electron chi connectivity index (χ3n) is 2.49. The van der Waals surface area contributed by atoms with Crippen LogP contribution in [-0.2, 0) is 4.84 Å². The largest absolute Gasteiger partial charge is 0.302 e. The van der Waals surface area contributed by atoms with Crippen molar-refractivity contribution >= 4 is 0 Å². The van der Waals surface area contributed by atoms with Crippen molar-refractivity contribution in [3.05, 3.63) is 0 Å². The number of hydrogen-bond acceptors (Lipinski definition) is 3. The molecule has 12 heavy (non-hydrogen) atoms. The number of likely N-dealkylation sites (tertiary alicyclic amines) is 1. The third-order valence-corrected chi connectivity index (χ3v) is 2.49. The molecule has 3 heteroatoms. The normalized spacial score (nSPS) is 26.0. The molecule has 0 aliphatic carbocycles. The van der Waals surface area contributed by atoms with E-state index < -0.39 is 0 Å². The molecular weight excluding hydrogens is 152 g/mol. The molecule has 3 nitrogen and oxygen atoms in total. The van der Waals surface area contributed by atoms with E-state index in [9.17, 15) is 0 Å². The topological polar surface area (TPSA) is 24.5 Å². The second kappa shape index (κ2) is 5.51. The van der Waals surface area contributed by atoms with E-state index in [1.165, 1.54) is 25.8 Å². The molecule has 1 rings (SSSR count). The molecule has 1 unspecified atom stereocenters. The zero-order valence-electron chi connectivity index (χ0n) is 8.18. The first-order valence-electron chi connectivity index (χ1n) is 4.89. The summed E-state index contributed by atoms with van der Waals surface area (Å²) in [5.74, 6) is 0. The first-order chi connectivity index (χ1) is 5.84. The maximum atomic E-state index is 5.11. The average molecular weight is 172 g/mol. The van der Waals surface area contributed by atoms with Gasteiger partial charge in [0.15, 0.2) is 0 Å². The average Bonchev–Trinajstić information content (AvgIpc) is 2.09. The number of piperidine rings is 1. The molecule has 0 aromatic rings. The zero-order chi connectivity index (χ0) is 8.81. The number of likely N-dealkylation sites (N-methyl/N-ethyl adjacent to an activating group) is 1. The van der Waals surface area contributed by atoms with Crippen molar-refractivity contribution < 1.29 is 4.84 Å². The Labute approximate surface area is 75.0 Å². The summed E-state index contributed by atoms with van der Waals surface area (Å²) in [5.41, 5.74) is 2.99. The summed E-state index contributed by atoms with van der Waals surface area (Å²) in [6.45, 7) is 4.94. The molecule has 0 saturated carbocycles.